The number of aromatic amines is 1. The summed E-state index contributed by atoms with van der Waals surface area (Å²) in [6.07, 6.45) is 1.96. The minimum Gasteiger partial charge on any atom is -0.383 e. The lowest BCUT2D eigenvalue weighted by Crippen LogP contribution is -2.41. The highest BCUT2D eigenvalue weighted by Gasteiger charge is 2.26. The normalized spacial score (nSPS) is 10.7. The zero-order chi connectivity index (χ0) is 23.1. The molecule has 1 aromatic carbocycles. The fourth-order valence-corrected chi connectivity index (χ4v) is 3.23. The van der Waals surface area contributed by atoms with E-state index in [4.69, 9.17) is 5.73 Å². The predicted molar refractivity (Wildman–Crippen MR) is 120 cm³/mol. The minimum atomic E-state index is -0.782. The van der Waals surface area contributed by atoms with Crippen molar-refractivity contribution in [2.24, 2.45) is 0 Å². The number of unbranched alkanes of at least 4 members (excludes halogenated alkanes) is 1. The van der Waals surface area contributed by atoms with Gasteiger partial charge < -0.3 is 16.0 Å². The Labute approximate surface area is 179 Å². The molecule has 11 heteroatoms. The van der Waals surface area contributed by atoms with Gasteiger partial charge in [-0.1, -0.05) is 20.3 Å². The molecule has 0 saturated carbocycles. The second kappa shape index (κ2) is 10.4. The summed E-state index contributed by atoms with van der Waals surface area (Å²) in [5, 5.41) is 14.3. The Morgan fingerprint density at radius 3 is 2.55 bits per heavy atom. The number of carbonyl (C=O) groups excluding carboxylic acids is 1. The van der Waals surface area contributed by atoms with Gasteiger partial charge in [-0.25, -0.2) is 4.79 Å². The molecule has 0 atom stereocenters. The quantitative estimate of drug-likeness (QED) is 0.384. The Balaban J connectivity index is 2.60. The number of hydrogen-bond donors (Lipinski definition) is 3. The molecule has 2 rings (SSSR count). The molecular formula is C20H28N6O5. The average molecular weight is 432 g/mol. The number of aromatic nitrogens is 2. The third-order valence-corrected chi connectivity index (χ3v) is 4.72. The highest BCUT2D eigenvalue weighted by atomic mass is 16.6. The Morgan fingerprint density at radius 2 is 1.97 bits per heavy atom. The van der Waals surface area contributed by atoms with Gasteiger partial charge in [-0.2, -0.15) is 0 Å². The number of rotatable bonds is 10. The van der Waals surface area contributed by atoms with E-state index in [1.54, 1.807) is 6.92 Å². The van der Waals surface area contributed by atoms with Crippen LogP contribution in [0.5, 0.6) is 0 Å². The maximum Gasteiger partial charge on any atom is 0.330 e. The van der Waals surface area contributed by atoms with Crippen LogP contribution in [-0.4, -0.2) is 33.5 Å². The van der Waals surface area contributed by atoms with E-state index in [1.165, 1.54) is 27.7 Å². The monoisotopic (exact) mass is 432 g/mol. The second-order valence-corrected chi connectivity index (χ2v) is 6.97. The van der Waals surface area contributed by atoms with Crippen molar-refractivity contribution in [2.75, 3.05) is 29.0 Å². The van der Waals surface area contributed by atoms with Gasteiger partial charge in [0.2, 0.25) is 0 Å². The van der Waals surface area contributed by atoms with Gasteiger partial charge in [0.25, 0.3) is 17.2 Å². The van der Waals surface area contributed by atoms with Crippen molar-refractivity contribution in [1.82, 2.24) is 9.55 Å². The first-order valence-electron chi connectivity index (χ1n) is 10.2. The van der Waals surface area contributed by atoms with E-state index in [0.717, 1.165) is 6.42 Å². The molecule has 0 unspecified atom stereocenters. The van der Waals surface area contributed by atoms with E-state index < -0.39 is 22.1 Å². The summed E-state index contributed by atoms with van der Waals surface area (Å²) >= 11 is 0. The number of anilines is 3. The number of nitrogens with two attached hydrogens (primary N) is 1. The average Bonchev–Trinajstić information content (AvgIpc) is 2.72. The van der Waals surface area contributed by atoms with Crippen molar-refractivity contribution in [3.8, 4) is 0 Å². The minimum absolute atomic E-state index is 0.0342. The molecule has 4 N–H and O–H groups in total. The van der Waals surface area contributed by atoms with Gasteiger partial charge in [0.1, 0.15) is 11.5 Å². The van der Waals surface area contributed by atoms with Gasteiger partial charge >= 0.3 is 5.69 Å². The van der Waals surface area contributed by atoms with E-state index in [1.807, 2.05) is 13.8 Å². The summed E-state index contributed by atoms with van der Waals surface area (Å²) < 4.78 is 1.23. The molecular weight excluding hydrogens is 404 g/mol. The number of H-pyrrole nitrogens is 1. The van der Waals surface area contributed by atoms with Crippen LogP contribution in [0.25, 0.3) is 0 Å². The molecule has 0 aliphatic heterocycles. The van der Waals surface area contributed by atoms with E-state index >= 15 is 0 Å². The largest absolute Gasteiger partial charge is 0.383 e. The van der Waals surface area contributed by atoms with Crippen LogP contribution in [0.4, 0.5) is 22.9 Å². The SMILES string of the molecule is CCCCn1c(N)c(N(CCC)C(=O)c2ccc(NCC)c([N+](=O)[O-])c2)c(=O)[nH]c1=O. The number of carbonyl (C=O) groups is 1. The van der Waals surface area contributed by atoms with Crippen LogP contribution in [-0.2, 0) is 6.54 Å². The van der Waals surface area contributed by atoms with Gasteiger partial charge in [-0.15, -0.1) is 0 Å². The van der Waals surface area contributed by atoms with Gasteiger partial charge in [0.05, 0.1) is 4.92 Å². The Bertz CT molecular complexity index is 1070. The molecule has 168 valence electrons. The molecule has 0 radical (unpaired) electrons. The van der Waals surface area contributed by atoms with Crippen LogP contribution in [0.2, 0.25) is 0 Å². The predicted octanol–water partition coefficient (Wildman–Crippen LogP) is 2.32. The van der Waals surface area contributed by atoms with Crippen molar-refractivity contribution in [2.45, 2.75) is 46.6 Å². The second-order valence-electron chi connectivity index (χ2n) is 6.97. The fourth-order valence-electron chi connectivity index (χ4n) is 3.23. The van der Waals surface area contributed by atoms with Crippen molar-refractivity contribution in [1.29, 1.82) is 0 Å². The lowest BCUT2D eigenvalue weighted by molar-refractivity contribution is -0.384. The third kappa shape index (κ3) is 5.11. The van der Waals surface area contributed by atoms with Crippen molar-refractivity contribution in [3.05, 3.63) is 54.7 Å². The lowest BCUT2D eigenvalue weighted by atomic mass is 10.1. The van der Waals surface area contributed by atoms with Crippen molar-refractivity contribution < 1.29 is 9.72 Å². The van der Waals surface area contributed by atoms with E-state index in [2.05, 4.69) is 10.3 Å². The summed E-state index contributed by atoms with van der Waals surface area (Å²) in [6.45, 7) is 6.47. The van der Waals surface area contributed by atoms with Crippen LogP contribution in [0.1, 0.15) is 50.4 Å². The number of hydrogen-bond acceptors (Lipinski definition) is 7. The van der Waals surface area contributed by atoms with E-state index in [-0.39, 0.29) is 35.0 Å². The highest BCUT2D eigenvalue weighted by Crippen LogP contribution is 2.27. The van der Waals surface area contributed by atoms with Crippen molar-refractivity contribution >= 4 is 28.8 Å². The molecule has 0 fully saturated rings. The number of nitrogen functional groups attached to an aromatic ring is 1. The standard InChI is InChI=1S/C20H28N6O5/c1-4-7-11-25-17(21)16(18(27)23-20(25)29)24(10-5-2)19(28)13-8-9-14(22-6-3)15(12-13)26(30)31/h8-9,12,22H,4-7,10-11,21H2,1-3H3,(H,23,27,29). The molecule has 1 aromatic heterocycles. The molecule has 11 nitrogen and oxygen atoms in total. The first-order chi connectivity index (χ1) is 14.8. The Hall–Kier alpha value is -3.63. The Kier molecular flexibility index (Phi) is 7.94. The van der Waals surface area contributed by atoms with Crippen LogP contribution >= 0.6 is 0 Å². The number of nitro groups is 1. The molecule has 0 saturated heterocycles. The zero-order valence-electron chi connectivity index (χ0n) is 17.9. The molecule has 2 aromatic rings. The number of nitrogens with zero attached hydrogens (tertiary/aromatic N) is 3. The summed E-state index contributed by atoms with van der Waals surface area (Å²) in [4.78, 5) is 52.3. The summed E-state index contributed by atoms with van der Waals surface area (Å²) in [5.74, 6) is -0.728. The smallest absolute Gasteiger partial charge is 0.330 e. The van der Waals surface area contributed by atoms with Crippen LogP contribution in [0.3, 0.4) is 0 Å². The first kappa shape index (κ1) is 23.6. The number of nitro benzene ring substituents is 1. The third-order valence-electron chi connectivity index (χ3n) is 4.72. The Morgan fingerprint density at radius 1 is 1.26 bits per heavy atom. The molecule has 0 spiro atoms. The molecule has 0 aliphatic rings. The van der Waals surface area contributed by atoms with Gasteiger partial charge in [-0.05, 0) is 31.9 Å². The molecule has 1 amide bonds. The van der Waals surface area contributed by atoms with Crippen LogP contribution in [0, 0.1) is 10.1 Å². The number of amides is 1. The molecule has 1 heterocycles. The van der Waals surface area contributed by atoms with Gasteiger partial charge in [0, 0.05) is 31.3 Å². The maximum absolute atomic E-state index is 13.3. The number of benzene rings is 1. The lowest BCUT2D eigenvalue weighted by Gasteiger charge is -2.24. The molecule has 31 heavy (non-hydrogen) atoms. The maximum atomic E-state index is 13.3. The van der Waals surface area contributed by atoms with Gasteiger partial charge in [0.15, 0.2) is 5.69 Å². The van der Waals surface area contributed by atoms with Crippen molar-refractivity contribution in [3.63, 3.8) is 0 Å². The molecule has 0 aliphatic carbocycles. The zero-order valence-corrected chi connectivity index (χ0v) is 17.9. The fraction of sp³-hybridized carbons (Fsp3) is 0.450. The van der Waals surface area contributed by atoms with Crippen LogP contribution in [0.15, 0.2) is 27.8 Å². The number of nitrogens with one attached hydrogen (secondary N) is 2. The summed E-state index contributed by atoms with van der Waals surface area (Å²) in [6, 6.07) is 4.07. The topological polar surface area (TPSA) is 156 Å². The van der Waals surface area contributed by atoms with Crippen LogP contribution < -0.4 is 27.2 Å². The first-order valence-corrected chi connectivity index (χ1v) is 10.2. The highest BCUT2D eigenvalue weighted by molar-refractivity contribution is 6.08. The summed E-state index contributed by atoms with van der Waals surface area (Å²) in [7, 11) is 0. The van der Waals surface area contributed by atoms with E-state index in [9.17, 15) is 24.5 Å². The molecule has 0 bridgehead atoms. The van der Waals surface area contributed by atoms with E-state index in [0.29, 0.717) is 25.9 Å². The summed E-state index contributed by atoms with van der Waals surface area (Å²) in [5.41, 5.74) is 4.65. The van der Waals surface area contributed by atoms with Gasteiger partial charge in [-0.3, -0.25) is 29.3 Å².